The average Bonchev–Trinajstić information content (AvgIpc) is 3.23. The minimum atomic E-state index is -2.48. The number of likely N-dealkylation sites (tertiary alicyclic amines) is 2. The smallest absolute Gasteiger partial charge is 0.249 e. The lowest BCUT2D eigenvalue weighted by Gasteiger charge is -2.30. The molecule has 4 fully saturated rings. The zero-order valence-electron chi connectivity index (χ0n) is 22.2. The van der Waals surface area contributed by atoms with Gasteiger partial charge < -0.3 is 14.7 Å². The molecule has 0 N–H and O–H groups in total. The van der Waals surface area contributed by atoms with E-state index in [4.69, 9.17) is 0 Å². The number of rotatable bonds is 7. The second kappa shape index (κ2) is 13.5. The summed E-state index contributed by atoms with van der Waals surface area (Å²) >= 11 is 0. The van der Waals surface area contributed by atoms with Crippen molar-refractivity contribution in [3.63, 3.8) is 0 Å². The van der Waals surface area contributed by atoms with Crippen molar-refractivity contribution in [2.75, 3.05) is 26.7 Å². The minimum absolute atomic E-state index is 0.00992. The number of amides is 2. The van der Waals surface area contributed by atoms with Crippen LogP contribution in [-0.4, -0.2) is 77.2 Å². The molecule has 1 aromatic carbocycles. The summed E-state index contributed by atoms with van der Waals surface area (Å²) in [6.45, 7) is 4.90. The van der Waals surface area contributed by atoms with Crippen LogP contribution in [0.4, 0.5) is 8.78 Å². The molecule has 1 aromatic rings. The average molecular weight is 506 g/mol. The molecule has 0 bridgehead atoms. The lowest BCUT2D eigenvalue weighted by Crippen LogP contribution is -2.38. The van der Waals surface area contributed by atoms with E-state index >= 15 is 0 Å². The number of hydrogen-bond acceptors (Lipinski definition) is 3. The molecule has 5 nitrogen and oxygen atoms in total. The van der Waals surface area contributed by atoms with Gasteiger partial charge in [0.1, 0.15) is 0 Å². The summed E-state index contributed by atoms with van der Waals surface area (Å²) in [6.07, 6.45) is 11.2. The van der Waals surface area contributed by atoms with Gasteiger partial charge in [-0.1, -0.05) is 36.4 Å². The molecular formula is C29H45F2N3O2. The summed E-state index contributed by atoms with van der Waals surface area (Å²) in [5.74, 6) is -2.22. The highest BCUT2D eigenvalue weighted by Crippen LogP contribution is 2.48. The molecule has 5 rings (SSSR count). The van der Waals surface area contributed by atoms with Gasteiger partial charge in [0.2, 0.25) is 18.2 Å². The van der Waals surface area contributed by atoms with Crippen molar-refractivity contribution < 1.29 is 18.4 Å². The molecule has 1 spiro atoms. The van der Waals surface area contributed by atoms with Crippen molar-refractivity contribution in [2.45, 2.75) is 108 Å². The second-order valence-corrected chi connectivity index (χ2v) is 11.0. The standard InChI is InChI=1S/C16H28F2N2O.C7H11NO.C6H6/c1-13(19(2)14-8-9-16(17,18)12-14)6-5-7-15(21)20-10-3-4-11-20;9-6-8-5-1-2-7(8)3-4-7;1-2-4-6-5-3-1/h13-14H,3-12H2,1-2H3;6H,1-5H2;1-6H. The molecule has 2 saturated carbocycles. The van der Waals surface area contributed by atoms with Gasteiger partial charge in [-0.3, -0.25) is 9.59 Å². The Bertz CT molecular complexity index is 770. The molecule has 4 aliphatic rings. The fraction of sp³-hybridized carbons (Fsp3) is 0.724. The molecule has 2 amide bonds. The summed E-state index contributed by atoms with van der Waals surface area (Å²) < 4.78 is 26.5. The molecule has 36 heavy (non-hydrogen) atoms. The van der Waals surface area contributed by atoms with Crippen LogP contribution in [0.5, 0.6) is 0 Å². The number of halogens is 2. The van der Waals surface area contributed by atoms with Gasteiger partial charge in [0.05, 0.1) is 0 Å². The second-order valence-electron chi connectivity index (χ2n) is 11.0. The van der Waals surface area contributed by atoms with Gasteiger partial charge in [-0.05, 0) is 71.8 Å². The number of alkyl halides is 2. The Morgan fingerprint density at radius 1 is 1.00 bits per heavy atom. The van der Waals surface area contributed by atoms with Crippen molar-refractivity contribution >= 4 is 12.3 Å². The van der Waals surface area contributed by atoms with Crippen LogP contribution in [0.2, 0.25) is 0 Å². The molecular weight excluding hydrogens is 460 g/mol. The van der Waals surface area contributed by atoms with Crippen molar-refractivity contribution in [1.82, 2.24) is 14.7 Å². The predicted molar refractivity (Wildman–Crippen MR) is 140 cm³/mol. The van der Waals surface area contributed by atoms with Crippen LogP contribution >= 0.6 is 0 Å². The SMILES string of the molecule is CC(CCCC(=O)N1CCCC1)N(C)C1CCC(F)(F)C1.O=CN1CCCC12CC2.c1ccccc1. The molecule has 2 aliphatic heterocycles. The predicted octanol–water partition coefficient (Wildman–Crippen LogP) is 5.75. The molecule has 202 valence electrons. The van der Waals surface area contributed by atoms with E-state index in [0.29, 0.717) is 18.4 Å². The molecule has 2 heterocycles. The molecule has 0 radical (unpaired) electrons. The van der Waals surface area contributed by atoms with E-state index in [2.05, 4.69) is 11.8 Å². The van der Waals surface area contributed by atoms with Crippen LogP contribution in [0.1, 0.15) is 84.0 Å². The number of nitrogens with zero attached hydrogens (tertiary/aromatic N) is 3. The summed E-state index contributed by atoms with van der Waals surface area (Å²) in [6, 6.07) is 12.2. The Labute approximate surface area is 216 Å². The van der Waals surface area contributed by atoms with E-state index in [0.717, 1.165) is 51.7 Å². The normalized spacial score (nSPS) is 24.1. The maximum atomic E-state index is 13.3. The third kappa shape index (κ3) is 8.53. The summed E-state index contributed by atoms with van der Waals surface area (Å²) in [7, 11) is 1.94. The first-order valence-electron chi connectivity index (χ1n) is 13.9. The van der Waals surface area contributed by atoms with Crippen molar-refractivity contribution in [1.29, 1.82) is 0 Å². The topological polar surface area (TPSA) is 43.9 Å². The van der Waals surface area contributed by atoms with Crippen LogP contribution in [0.3, 0.4) is 0 Å². The van der Waals surface area contributed by atoms with E-state index in [1.54, 1.807) is 0 Å². The summed E-state index contributed by atoms with van der Waals surface area (Å²) in [5, 5.41) is 0. The van der Waals surface area contributed by atoms with Gasteiger partial charge in [0, 0.05) is 56.5 Å². The number of hydrogen-bond donors (Lipinski definition) is 0. The first kappa shape index (κ1) is 28.5. The van der Waals surface area contributed by atoms with E-state index in [9.17, 15) is 18.4 Å². The highest BCUT2D eigenvalue weighted by molar-refractivity contribution is 5.76. The summed E-state index contributed by atoms with van der Waals surface area (Å²) in [5.41, 5.74) is 0.377. The molecule has 7 heteroatoms. The Morgan fingerprint density at radius 2 is 1.61 bits per heavy atom. The van der Waals surface area contributed by atoms with Crippen molar-refractivity contribution in [2.24, 2.45) is 0 Å². The lowest BCUT2D eigenvalue weighted by atomic mass is 10.1. The molecule has 2 unspecified atom stereocenters. The lowest BCUT2D eigenvalue weighted by molar-refractivity contribution is -0.130. The third-order valence-electron chi connectivity index (χ3n) is 8.39. The van der Waals surface area contributed by atoms with Gasteiger partial charge >= 0.3 is 0 Å². The Balaban J connectivity index is 0.000000194. The zero-order valence-corrected chi connectivity index (χ0v) is 22.2. The zero-order chi connectivity index (χ0) is 26.0. The van der Waals surface area contributed by atoms with Gasteiger partial charge in [-0.15, -0.1) is 0 Å². The maximum absolute atomic E-state index is 13.3. The number of carbonyl (C=O) groups excluding carboxylic acids is 2. The molecule has 2 aliphatic carbocycles. The molecule has 0 aromatic heterocycles. The first-order chi connectivity index (χ1) is 17.3. The Kier molecular flexibility index (Phi) is 10.7. The third-order valence-corrected chi connectivity index (χ3v) is 8.39. The van der Waals surface area contributed by atoms with Crippen molar-refractivity contribution in [3.8, 4) is 0 Å². The first-order valence-corrected chi connectivity index (χ1v) is 13.9. The monoisotopic (exact) mass is 505 g/mol. The van der Waals surface area contributed by atoms with Crippen LogP contribution in [0.25, 0.3) is 0 Å². The van der Waals surface area contributed by atoms with Crippen molar-refractivity contribution in [3.05, 3.63) is 36.4 Å². The van der Waals surface area contributed by atoms with Gasteiger partial charge in [-0.2, -0.15) is 0 Å². The highest BCUT2D eigenvalue weighted by Gasteiger charge is 2.50. The highest BCUT2D eigenvalue weighted by atomic mass is 19.3. The van der Waals surface area contributed by atoms with Gasteiger partial charge in [0.25, 0.3) is 0 Å². The fourth-order valence-corrected chi connectivity index (χ4v) is 5.70. The largest absolute Gasteiger partial charge is 0.343 e. The number of benzene rings is 1. The van der Waals surface area contributed by atoms with E-state index < -0.39 is 5.92 Å². The molecule has 2 saturated heterocycles. The van der Waals surface area contributed by atoms with Gasteiger partial charge in [0.15, 0.2) is 0 Å². The van der Waals surface area contributed by atoms with E-state index in [1.165, 1.54) is 25.7 Å². The van der Waals surface area contributed by atoms with Crippen LogP contribution in [0, 0.1) is 0 Å². The number of carbonyl (C=O) groups is 2. The van der Waals surface area contributed by atoms with Gasteiger partial charge in [-0.25, -0.2) is 8.78 Å². The van der Waals surface area contributed by atoms with Crippen LogP contribution in [0.15, 0.2) is 36.4 Å². The Hall–Kier alpha value is -2.02. The minimum Gasteiger partial charge on any atom is -0.343 e. The molecule has 2 atom stereocenters. The van der Waals surface area contributed by atoms with Crippen LogP contribution < -0.4 is 0 Å². The fourth-order valence-electron chi connectivity index (χ4n) is 5.70. The maximum Gasteiger partial charge on any atom is 0.249 e. The van der Waals surface area contributed by atoms with E-state index in [1.807, 2.05) is 53.2 Å². The summed E-state index contributed by atoms with van der Waals surface area (Å²) in [4.78, 5) is 28.4. The Morgan fingerprint density at radius 3 is 2.08 bits per heavy atom. The van der Waals surface area contributed by atoms with Crippen LogP contribution in [-0.2, 0) is 9.59 Å². The van der Waals surface area contributed by atoms with E-state index in [-0.39, 0.29) is 30.8 Å². The quantitative estimate of drug-likeness (QED) is 0.444.